The van der Waals surface area contributed by atoms with Gasteiger partial charge in [-0.25, -0.2) is 9.59 Å². The molecule has 1 aliphatic heterocycles. The van der Waals surface area contributed by atoms with Gasteiger partial charge >= 0.3 is 18.2 Å². The summed E-state index contributed by atoms with van der Waals surface area (Å²) in [7, 11) is 2.80. The van der Waals surface area contributed by atoms with E-state index in [9.17, 15) is 22.8 Å². The van der Waals surface area contributed by atoms with Crippen molar-refractivity contribution in [3.8, 4) is 11.5 Å². The maximum Gasteiger partial charge on any atom is 0.422 e. The minimum Gasteiger partial charge on any atom is -0.497 e. The molecule has 10 heteroatoms. The van der Waals surface area contributed by atoms with Crippen molar-refractivity contribution in [2.24, 2.45) is 0 Å². The van der Waals surface area contributed by atoms with Gasteiger partial charge < -0.3 is 24.8 Å². The minimum atomic E-state index is -4.67. The smallest absolute Gasteiger partial charge is 0.422 e. The Labute approximate surface area is 147 Å². The van der Waals surface area contributed by atoms with Crippen LogP contribution in [0, 0.1) is 0 Å². The number of rotatable bonds is 5. The third kappa shape index (κ3) is 4.38. The first-order chi connectivity index (χ1) is 12.2. The van der Waals surface area contributed by atoms with Gasteiger partial charge in [-0.05, 0) is 25.1 Å². The van der Waals surface area contributed by atoms with Gasteiger partial charge in [-0.1, -0.05) is 0 Å². The second kappa shape index (κ2) is 7.54. The fourth-order valence-corrected chi connectivity index (χ4v) is 2.49. The van der Waals surface area contributed by atoms with Crippen LogP contribution in [0.2, 0.25) is 0 Å². The number of alkyl halides is 3. The van der Waals surface area contributed by atoms with Crippen LogP contribution in [0.4, 0.5) is 18.0 Å². The molecule has 0 unspecified atom stereocenters. The maximum atomic E-state index is 12.4. The van der Waals surface area contributed by atoms with Gasteiger partial charge in [0.1, 0.15) is 11.5 Å². The van der Waals surface area contributed by atoms with E-state index in [1.807, 2.05) is 0 Å². The molecular weight excluding hydrogens is 357 g/mol. The van der Waals surface area contributed by atoms with Crippen LogP contribution in [0.25, 0.3) is 0 Å². The van der Waals surface area contributed by atoms with Crippen molar-refractivity contribution in [3.05, 3.63) is 35.0 Å². The molecule has 0 fully saturated rings. The van der Waals surface area contributed by atoms with Crippen LogP contribution in [-0.2, 0) is 9.53 Å². The van der Waals surface area contributed by atoms with Crippen LogP contribution in [-0.4, -0.2) is 39.0 Å². The SMILES string of the molecule is COc1ccc(OC)c([C@@H]2NC(=O)NC(C)=C2C(=O)OCC(F)(F)F)c1. The number of hydrogen-bond donors (Lipinski definition) is 2. The normalized spacial score (nSPS) is 17.3. The molecule has 0 aliphatic carbocycles. The summed E-state index contributed by atoms with van der Waals surface area (Å²) in [6.45, 7) is -0.346. The van der Waals surface area contributed by atoms with E-state index in [0.29, 0.717) is 17.1 Å². The molecule has 2 amide bonds. The summed E-state index contributed by atoms with van der Waals surface area (Å²) in [6, 6.07) is 2.97. The second-order valence-electron chi connectivity index (χ2n) is 5.37. The topological polar surface area (TPSA) is 85.9 Å². The van der Waals surface area contributed by atoms with Crippen molar-refractivity contribution in [2.75, 3.05) is 20.8 Å². The summed E-state index contributed by atoms with van der Waals surface area (Å²) < 4.78 is 51.8. The van der Waals surface area contributed by atoms with E-state index in [4.69, 9.17) is 9.47 Å². The number of halogens is 3. The molecule has 0 radical (unpaired) electrons. The highest BCUT2D eigenvalue weighted by molar-refractivity contribution is 5.95. The summed E-state index contributed by atoms with van der Waals surface area (Å²) in [4.78, 5) is 24.1. The van der Waals surface area contributed by atoms with Crippen LogP contribution in [0.15, 0.2) is 29.5 Å². The Kier molecular flexibility index (Phi) is 5.63. The predicted molar refractivity (Wildman–Crippen MR) is 83.7 cm³/mol. The lowest BCUT2D eigenvalue weighted by atomic mass is 9.94. The number of esters is 1. The zero-order valence-corrected chi connectivity index (χ0v) is 14.2. The van der Waals surface area contributed by atoms with Crippen molar-refractivity contribution in [1.29, 1.82) is 0 Å². The van der Waals surface area contributed by atoms with E-state index in [0.717, 1.165) is 0 Å². The van der Waals surface area contributed by atoms with Gasteiger partial charge in [-0.3, -0.25) is 0 Å². The average molecular weight is 374 g/mol. The molecule has 0 saturated heterocycles. The Morgan fingerprint density at radius 1 is 1.23 bits per heavy atom. The number of amides is 2. The molecule has 2 rings (SSSR count). The summed E-state index contributed by atoms with van der Waals surface area (Å²) in [6.07, 6.45) is -4.67. The number of ether oxygens (including phenoxy) is 3. The number of methoxy groups -OCH3 is 2. The molecule has 0 bridgehead atoms. The molecule has 0 spiro atoms. The molecule has 7 nitrogen and oxygen atoms in total. The van der Waals surface area contributed by atoms with Crippen molar-refractivity contribution in [1.82, 2.24) is 10.6 Å². The van der Waals surface area contributed by atoms with Crippen molar-refractivity contribution in [2.45, 2.75) is 19.1 Å². The van der Waals surface area contributed by atoms with Crippen LogP contribution in [0.5, 0.6) is 11.5 Å². The van der Waals surface area contributed by atoms with Gasteiger partial charge in [0.15, 0.2) is 6.61 Å². The molecule has 1 aromatic carbocycles. The third-order valence-corrected chi connectivity index (χ3v) is 3.60. The first-order valence-corrected chi connectivity index (χ1v) is 7.40. The van der Waals surface area contributed by atoms with E-state index in [1.54, 1.807) is 12.1 Å². The molecule has 26 heavy (non-hydrogen) atoms. The molecule has 0 saturated carbocycles. The Hall–Kier alpha value is -2.91. The Morgan fingerprint density at radius 2 is 1.92 bits per heavy atom. The first kappa shape index (κ1) is 19.4. The van der Waals surface area contributed by atoms with E-state index >= 15 is 0 Å². The highest BCUT2D eigenvalue weighted by Gasteiger charge is 2.36. The molecule has 1 aliphatic rings. The van der Waals surface area contributed by atoms with Gasteiger partial charge in [-0.15, -0.1) is 0 Å². The molecule has 2 N–H and O–H groups in total. The number of allylic oxidation sites excluding steroid dienone is 1. The van der Waals surface area contributed by atoms with E-state index in [2.05, 4.69) is 15.4 Å². The zero-order chi connectivity index (χ0) is 19.5. The standard InChI is InChI=1S/C16H17F3N2O5/c1-8-12(14(22)26-7-16(17,18)19)13(21-15(23)20-8)10-6-9(24-2)4-5-11(10)25-3/h4-6,13H,7H2,1-3H3,(H2,20,21,23)/t13-/m0/s1. The molecule has 142 valence electrons. The lowest BCUT2D eigenvalue weighted by molar-refractivity contribution is -0.183. The monoisotopic (exact) mass is 374 g/mol. The lowest BCUT2D eigenvalue weighted by Gasteiger charge is -2.29. The van der Waals surface area contributed by atoms with E-state index in [-0.39, 0.29) is 11.3 Å². The van der Waals surface area contributed by atoms with Gasteiger partial charge in [0.25, 0.3) is 0 Å². The molecule has 1 atom stereocenters. The first-order valence-electron chi connectivity index (χ1n) is 7.40. The van der Waals surface area contributed by atoms with Gasteiger partial charge in [0, 0.05) is 11.3 Å². The number of carbonyl (C=O) groups is 2. The van der Waals surface area contributed by atoms with Crippen LogP contribution in [0.1, 0.15) is 18.5 Å². The summed E-state index contributed by atoms with van der Waals surface area (Å²) in [5.74, 6) is -0.483. The Bertz CT molecular complexity index is 746. The van der Waals surface area contributed by atoms with Crippen LogP contribution >= 0.6 is 0 Å². The Balaban J connectivity index is 2.46. The molecule has 1 aromatic rings. The third-order valence-electron chi connectivity index (χ3n) is 3.60. The van der Waals surface area contributed by atoms with Gasteiger partial charge in [-0.2, -0.15) is 13.2 Å². The number of hydrogen-bond acceptors (Lipinski definition) is 5. The average Bonchev–Trinajstić information content (AvgIpc) is 2.57. The zero-order valence-electron chi connectivity index (χ0n) is 14.2. The maximum absolute atomic E-state index is 12.4. The van der Waals surface area contributed by atoms with Crippen LogP contribution < -0.4 is 20.1 Å². The van der Waals surface area contributed by atoms with E-state index in [1.165, 1.54) is 27.2 Å². The molecule has 1 heterocycles. The van der Waals surface area contributed by atoms with Crippen molar-refractivity contribution < 1.29 is 37.0 Å². The predicted octanol–water partition coefficient (Wildman–Crippen LogP) is 2.44. The molecular formula is C16H17F3N2O5. The van der Waals surface area contributed by atoms with Crippen molar-refractivity contribution >= 4 is 12.0 Å². The second-order valence-corrected chi connectivity index (χ2v) is 5.37. The fraction of sp³-hybridized carbons (Fsp3) is 0.375. The Morgan fingerprint density at radius 3 is 2.50 bits per heavy atom. The largest absolute Gasteiger partial charge is 0.497 e. The number of urea groups is 1. The van der Waals surface area contributed by atoms with Gasteiger partial charge in [0.2, 0.25) is 0 Å². The van der Waals surface area contributed by atoms with Crippen molar-refractivity contribution in [3.63, 3.8) is 0 Å². The summed E-state index contributed by atoms with van der Waals surface area (Å²) in [5.41, 5.74) is 0.246. The number of carbonyl (C=O) groups excluding carboxylic acids is 2. The minimum absolute atomic E-state index is 0.0794. The van der Waals surface area contributed by atoms with Gasteiger partial charge in [0.05, 0.1) is 25.8 Å². The number of nitrogens with one attached hydrogen (secondary N) is 2. The van der Waals surface area contributed by atoms with E-state index < -0.39 is 30.8 Å². The highest BCUT2D eigenvalue weighted by atomic mass is 19.4. The quantitative estimate of drug-likeness (QED) is 0.774. The highest BCUT2D eigenvalue weighted by Crippen LogP contribution is 2.36. The molecule has 0 aromatic heterocycles. The lowest BCUT2D eigenvalue weighted by Crippen LogP contribution is -2.45. The summed E-state index contributed by atoms with van der Waals surface area (Å²) >= 11 is 0. The number of benzene rings is 1. The fourth-order valence-electron chi connectivity index (χ4n) is 2.49. The summed E-state index contributed by atoms with van der Waals surface area (Å²) in [5, 5.41) is 4.84. The van der Waals surface area contributed by atoms with Crippen LogP contribution in [0.3, 0.4) is 0 Å².